The Balaban J connectivity index is 2.28. The van der Waals surface area contributed by atoms with Crippen LogP contribution in [0, 0.1) is 0 Å². The Morgan fingerprint density at radius 3 is 3.13 bits per heavy atom. The van der Waals surface area contributed by atoms with Crippen LogP contribution in [0.15, 0.2) is 11.1 Å². The number of aromatic nitrogens is 2. The van der Waals surface area contributed by atoms with E-state index in [2.05, 4.69) is 15.3 Å². The molecule has 6 heteroatoms. The minimum Gasteiger partial charge on any atom is -0.354 e. The van der Waals surface area contributed by atoms with E-state index in [0.717, 1.165) is 19.5 Å². The highest BCUT2D eigenvalue weighted by atomic mass is 35.5. The van der Waals surface area contributed by atoms with Crippen molar-refractivity contribution in [3.05, 3.63) is 21.7 Å². The van der Waals surface area contributed by atoms with E-state index in [0.29, 0.717) is 11.9 Å². The molecule has 1 aliphatic heterocycles. The van der Waals surface area contributed by atoms with Crippen LogP contribution in [0.25, 0.3) is 0 Å². The van der Waals surface area contributed by atoms with E-state index in [1.807, 2.05) is 11.9 Å². The van der Waals surface area contributed by atoms with Crippen LogP contribution < -0.4 is 15.8 Å². The number of anilines is 1. The van der Waals surface area contributed by atoms with Gasteiger partial charge in [0.25, 0.3) is 5.56 Å². The highest BCUT2D eigenvalue weighted by Gasteiger charge is 2.22. The number of halogens is 1. The largest absolute Gasteiger partial charge is 0.354 e. The molecule has 1 atom stereocenters. The molecule has 1 unspecified atom stereocenters. The molecule has 0 bridgehead atoms. The lowest BCUT2D eigenvalue weighted by Gasteiger charge is -2.24. The van der Waals surface area contributed by atoms with E-state index in [9.17, 15) is 4.79 Å². The van der Waals surface area contributed by atoms with Crippen LogP contribution in [0.5, 0.6) is 0 Å². The average Bonchev–Trinajstić information content (AvgIpc) is 2.74. The zero-order chi connectivity index (χ0) is 10.8. The highest BCUT2D eigenvalue weighted by Crippen LogP contribution is 2.20. The van der Waals surface area contributed by atoms with Gasteiger partial charge in [-0.25, -0.2) is 4.98 Å². The molecule has 0 spiro atoms. The average molecular weight is 229 g/mol. The van der Waals surface area contributed by atoms with Crippen molar-refractivity contribution in [1.82, 2.24) is 15.3 Å². The number of H-pyrrole nitrogens is 1. The van der Waals surface area contributed by atoms with Crippen LogP contribution in [-0.2, 0) is 0 Å². The van der Waals surface area contributed by atoms with Crippen molar-refractivity contribution in [3.63, 3.8) is 0 Å². The minimum atomic E-state index is -0.292. The summed E-state index contributed by atoms with van der Waals surface area (Å²) >= 11 is 5.90. The molecule has 0 aromatic carbocycles. The number of likely N-dealkylation sites (N-methyl/N-ethyl adjacent to an activating group) is 1. The standard InChI is InChI=1S/C9H13ClN4O/c1-14(6-2-3-11-4-6)8-7(10)9(15)13-5-12-8/h5-6,11H,2-4H2,1H3,(H,12,13,15). The first kappa shape index (κ1) is 10.4. The number of rotatable bonds is 2. The first-order chi connectivity index (χ1) is 7.20. The van der Waals surface area contributed by atoms with Gasteiger partial charge in [0, 0.05) is 19.6 Å². The van der Waals surface area contributed by atoms with Gasteiger partial charge in [-0.2, -0.15) is 0 Å². The van der Waals surface area contributed by atoms with Gasteiger partial charge in [0.15, 0.2) is 5.82 Å². The van der Waals surface area contributed by atoms with Gasteiger partial charge >= 0.3 is 0 Å². The number of hydrogen-bond acceptors (Lipinski definition) is 4. The predicted molar refractivity (Wildman–Crippen MR) is 59.5 cm³/mol. The van der Waals surface area contributed by atoms with Crippen molar-refractivity contribution in [1.29, 1.82) is 0 Å². The van der Waals surface area contributed by atoms with E-state index in [-0.39, 0.29) is 10.6 Å². The second-order valence-electron chi connectivity index (χ2n) is 3.63. The fourth-order valence-electron chi connectivity index (χ4n) is 1.76. The van der Waals surface area contributed by atoms with Crippen LogP contribution in [0.2, 0.25) is 5.02 Å². The Bertz CT molecular complexity index is 399. The summed E-state index contributed by atoms with van der Waals surface area (Å²) in [5.74, 6) is 0.550. The first-order valence-corrected chi connectivity index (χ1v) is 5.24. The van der Waals surface area contributed by atoms with Crippen LogP contribution in [0.1, 0.15) is 6.42 Å². The molecule has 1 aromatic heterocycles. The third-order valence-corrected chi connectivity index (χ3v) is 3.03. The Kier molecular flexibility index (Phi) is 2.93. The molecule has 2 rings (SSSR count). The molecule has 15 heavy (non-hydrogen) atoms. The normalized spacial score (nSPS) is 20.5. The Morgan fingerprint density at radius 1 is 1.67 bits per heavy atom. The van der Waals surface area contributed by atoms with Crippen molar-refractivity contribution in [2.45, 2.75) is 12.5 Å². The maximum atomic E-state index is 11.3. The monoisotopic (exact) mass is 228 g/mol. The van der Waals surface area contributed by atoms with Gasteiger partial charge in [0.05, 0.1) is 6.33 Å². The minimum absolute atomic E-state index is 0.159. The Labute approximate surface area is 92.5 Å². The summed E-state index contributed by atoms with van der Waals surface area (Å²) in [5, 5.41) is 3.42. The van der Waals surface area contributed by atoms with Crippen LogP contribution in [0.3, 0.4) is 0 Å². The van der Waals surface area contributed by atoms with Crippen molar-refractivity contribution >= 4 is 17.4 Å². The molecular weight excluding hydrogens is 216 g/mol. The summed E-state index contributed by atoms with van der Waals surface area (Å²) in [6, 6.07) is 0.358. The molecule has 0 aliphatic carbocycles. The SMILES string of the molecule is CN(c1nc[nH]c(=O)c1Cl)C1CCNC1. The predicted octanol–water partition coefficient (Wildman–Crippen LogP) is 0.221. The van der Waals surface area contributed by atoms with E-state index < -0.39 is 0 Å². The van der Waals surface area contributed by atoms with Gasteiger partial charge in [0.1, 0.15) is 5.02 Å². The Hall–Kier alpha value is -1.07. The lowest BCUT2D eigenvalue weighted by Crippen LogP contribution is -2.35. The zero-order valence-electron chi connectivity index (χ0n) is 8.46. The van der Waals surface area contributed by atoms with Crippen molar-refractivity contribution in [2.24, 2.45) is 0 Å². The molecule has 1 fully saturated rings. The Morgan fingerprint density at radius 2 is 2.47 bits per heavy atom. The summed E-state index contributed by atoms with van der Waals surface area (Å²) < 4.78 is 0. The maximum absolute atomic E-state index is 11.3. The summed E-state index contributed by atoms with van der Waals surface area (Å²) in [6.07, 6.45) is 2.42. The second-order valence-corrected chi connectivity index (χ2v) is 4.00. The zero-order valence-corrected chi connectivity index (χ0v) is 9.21. The molecule has 0 saturated carbocycles. The molecule has 1 aromatic rings. The van der Waals surface area contributed by atoms with Crippen LogP contribution >= 0.6 is 11.6 Å². The van der Waals surface area contributed by atoms with E-state index >= 15 is 0 Å². The molecule has 2 N–H and O–H groups in total. The third kappa shape index (κ3) is 1.98. The summed E-state index contributed by atoms with van der Waals surface area (Å²) in [4.78, 5) is 19.8. The van der Waals surface area contributed by atoms with Crippen molar-refractivity contribution < 1.29 is 0 Å². The van der Waals surface area contributed by atoms with Gasteiger partial charge < -0.3 is 15.2 Å². The fraction of sp³-hybridized carbons (Fsp3) is 0.556. The smallest absolute Gasteiger partial charge is 0.271 e. The fourth-order valence-corrected chi connectivity index (χ4v) is 2.00. The lowest BCUT2D eigenvalue weighted by molar-refractivity contribution is 0.676. The molecule has 1 saturated heterocycles. The van der Waals surface area contributed by atoms with Crippen LogP contribution in [0.4, 0.5) is 5.82 Å². The topological polar surface area (TPSA) is 61.0 Å². The highest BCUT2D eigenvalue weighted by molar-refractivity contribution is 6.32. The molecular formula is C9H13ClN4O. The van der Waals surface area contributed by atoms with E-state index in [4.69, 9.17) is 11.6 Å². The summed E-state index contributed by atoms with van der Waals surface area (Å²) in [6.45, 7) is 1.90. The van der Waals surface area contributed by atoms with Gasteiger partial charge in [-0.15, -0.1) is 0 Å². The van der Waals surface area contributed by atoms with Gasteiger partial charge in [-0.1, -0.05) is 11.6 Å². The quantitative estimate of drug-likeness (QED) is 0.761. The van der Waals surface area contributed by atoms with E-state index in [1.165, 1.54) is 6.33 Å². The first-order valence-electron chi connectivity index (χ1n) is 4.87. The third-order valence-electron chi connectivity index (χ3n) is 2.69. The van der Waals surface area contributed by atoms with Gasteiger partial charge in [-0.3, -0.25) is 4.79 Å². The summed E-state index contributed by atoms with van der Waals surface area (Å²) in [5.41, 5.74) is -0.292. The number of aromatic amines is 1. The van der Waals surface area contributed by atoms with Gasteiger partial charge in [-0.05, 0) is 13.0 Å². The second kappa shape index (κ2) is 4.20. The lowest BCUT2D eigenvalue weighted by atomic mass is 10.2. The number of nitrogens with zero attached hydrogens (tertiary/aromatic N) is 2. The van der Waals surface area contributed by atoms with Crippen molar-refractivity contribution in [3.8, 4) is 0 Å². The summed E-state index contributed by atoms with van der Waals surface area (Å²) in [7, 11) is 1.91. The number of hydrogen-bond donors (Lipinski definition) is 2. The molecule has 1 aliphatic rings. The van der Waals surface area contributed by atoms with Crippen LogP contribution in [-0.4, -0.2) is 36.1 Å². The van der Waals surface area contributed by atoms with E-state index in [1.54, 1.807) is 0 Å². The molecule has 82 valence electrons. The molecule has 5 nitrogen and oxygen atoms in total. The molecule has 0 radical (unpaired) electrons. The number of nitrogens with one attached hydrogen (secondary N) is 2. The molecule has 2 heterocycles. The van der Waals surface area contributed by atoms with Crippen molar-refractivity contribution in [2.75, 3.05) is 25.0 Å². The van der Waals surface area contributed by atoms with Gasteiger partial charge in [0.2, 0.25) is 0 Å². The molecule has 0 amide bonds. The maximum Gasteiger partial charge on any atom is 0.271 e.